The minimum absolute atomic E-state index is 0.600. The maximum absolute atomic E-state index is 5.76. The molecule has 0 spiro atoms. The fourth-order valence-corrected chi connectivity index (χ4v) is 2.13. The molecule has 0 unspecified atom stereocenters. The predicted molar refractivity (Wildman–Crippen MR) is 68.2 cm³/mol. The average molecular weight is 217 g/mol. The Kier molecular flexibility index (Phi) is 2.99. The first-order valence-corrected chi connectivity index (χ1v) is 5.54. The molecule has 0 radical (unpaired) electrons. The monoisotopic (exact) mass is 217 g/mol. The molecule has 2 N–H and O–H groups in total. The Bertz CT molecular complexity index is 497. The van der Waals surface area contributed by atoms with Gasteiger partial charge in [-0.2, -0.15) is 0 Å². The number of aryl methyl sites for hydroxylation is 1. The molecule has 1 heterocycles. The first-order valence-electron chi connectivity index (χ1n) is 5.54. The molecule has 1 aromatic heterocycles. The summed E-state index contributed by atoms with van der Waals surface area (Å²) in [5.41, 5.74) is 9.56. The van der Waals surface area contributed by atoms with Gasteiger partial charge in [-0.15, -0.1) is 0 Å². The third-order valence-electron chi connectivity index (χ3n) is 2.97. The highest BCUT2D eigenvalue weighted by atomic mass is 15.1. The van der Waals surface area contributed by atoms with Crippen LogP contribution in [0, 0.1) is 0 Å². The van der Waals surface area contributed by atoms with E-state index in [-0.39, 0.29) is 0 Å². The second-order valence-corrected chi connectivity index (χ2v) is 4.49. The maximum Gasteiger partial charge on any atom is 0.0483 e. The van der Waals surface area contributed by atoms with Crippen molar-refractivity contribution in [3.63, 3.8) is 0 Å². The van der Waals surface area contributed by atoms with Gasteiger partial charge in [-0.1, -0.05) is 12.1 Å². The highest BCUT2D eigenvalue weighted by molar-refractivity contribution is 5.84. The van der Waals surface area contributed by atoms with Crippen LogP contribution in [0.4, 0.5) is 0 Å². The molecule has 0 fully saturated rings. The van der Waals surface area contributed by atoms with Gasteiger partial charge >= 0.3 is 0 Å². The molecule has 0 aliphatic rings. The largest absolute Gasteiger partial charge is 0.346 e. The van der Waals surface area contributed by atoms with Crippen molar-refractivity contribution in [3.8, 4) is 0 Å². The zero-order valence-electron chi connectivity index (χ0n) is 10.2. The van der Waals surface area contributed by atoms with Crippen LogP contribution in [-0.2, 0) is 20.1 Å². The van der Waals surface area contributed by atoms with Gasteiger partial charge in [0.2, 0.25) is 0 Å². The predicted octanol–water partition coefficient (Wildman–Crippen LogP) is 1.70. The molecule has 0 saturated carbocycles. The van der Waals surface area contributed by atoms with E-state index in [0.29, 0.717) is 6.54 Å². The summed E-state index contributed by atoms with van der Waals surface area (Å²) in [6, 6.07) is 8.57. The summed E-state index contributed by atoms with van der Waals surface area (Å²) < 4.78 is 2.24. The Morgan fingerprint density at radius 3 is 2.69 bits per heavy atom. The van der Waals surface area contributed by atoms with E-state index < -0.39 is 0 Å². The van der Waals surface area contributed by atoms with Crippen molar-refractivity contribution in [1.29, 1.82) is 0 Å². The average Bonchev–Trinajstić information content (AvgIpc) is 2.55. The van der Waals surface area contributed by atoms with Gasteiger partial charge in [0.1, 0.15) is 0 Å². The highest BCUT2D eigenvalue weighted by Gasteiger charge is 2.08. The third kappa shape index (κ3) is 1.84. The highest BCUT2D eigenvalue weighted by Crippen LogP contribution is 2.22. The lowest BCUT2D eigenvalue weighted by Gasteiger charge is -2.10. The molecule has 1 aromatic carbocycles. The summed E-state index contributed by atoms with van der Waals surface area (Å²) in [6.45, 7) is 1.55. The molecule has 86 valence electrons. The molecule has 0 amide bonds. The lowest BCUT2D eigenvalue weighted by atomic mass is 10.1. The quantitative estimate of drug-likeness (QED) is 0.849. The van der Waals surface area contributed by atoms with Crippen LogP contribution in [0.1, 0.15) is 11.3 Å². The van der Waals surface area contributed by atoms with Crippen molar-refractivity contribution in [2.45, 2.75) is 13.1 Å². The van der Waals surface area contributed by atoms with Crippen molar-refractivity contribution in [3.05, 3.63) is 35.5 Å². The summed E-state index contributed by atoms with van der Waals surface area (Å²) in [7, 11) is 6.28. The minimum atomic E-state index is 0.600. The molecule has 0 aliphatic carbocycles. The molecule has 16 heavy (non-hydrogen) atoms. The van der Waals surface area contributed by atoms with Crippen LogP contribution in [0.5, 0.6) is 0 Å². The molecule has 0 aliphatic heterocycles. The van der Waals surface area contributed by atoms with Crippen LogP contribution in [0.2, 0.25) is 0 Å². The van der Waals surface area contributed by atoms with E-state index >= 15 is 0 Å². The van der Waals surface area contributed by atoms with Crippen molar-refractivity contribution in [2.75, 3.05) is 14.1 Å². The van der Waals surface area contributed by atoms with Crippen molar-refractivity contribution >= 4 is 10.9 Å². The second kappa shape index (κ2) is 4.28. The number of nitrogens with two attached hydrogens (primary N) is 1. The Morgan fingerprint density at radius 2 is 2.06 bits per heavy atom. The van der Waals surface area contributed by atoms with Crippen molar-refractivity contribution < 1.29 is 0 Å². The van der Waals surface area contributed by atoms with E-state index in [0.717, 1.165) is 6.54 Å². The maximum atomic E-state index is 5.76. The summed E-state index contributed by atoms with van der Waals surface area (Å²) in [6.07, 6.45) is 0. The van der Waals surface area contributed by atoms with Gasteiger partial charge < -0.3 is 15.2 Å². The lowest BCUT2D eigenvalue weighted by Crippen LogP contribution is -2.13. The van der Waals surface area contributed by atoms with Gasteiger partial charge in [-0.25, -0.2) is 0 Å². The molecule has 3 heteroatoms. The van der Waals surface area contributed by atoms with Crippen LogP contribution < -0.4 is 5.73 Å². The molecule has 0 saturated heterocycles. The molecule has 0 atom stereocenters. The van der Waals surface area contributed by atoms with Crippen LogP contribution in [0.25, 0.3) is 10.9 Å². The smallest absolute Gasteiger partial charge is 0.0483 e. The van der Waals surface area contributed by atoms with Crippen LogP contribution >= 0.6 is 0 Å². The Balaban J connectivity index is 2.58. The molecule has 3 nitrogen and oxygen atoms in total. The lowest BCUT2D eigenvalue weighted by molar-refractivity contribution is 0.392. The van der Waals surface area contributed by atoms with Crippen LogP contribution in [0.3, 0.4) is 0 Å². The fraction of sp³-hybridized carbons (Fsp3) is 0.385. The standard InChI is InChI=1S/C13H19N3/c1-15(2)9-11-7-12-10(8-14)5-4-6-13(12)16(11)3/h4-7H,8-9,14H2,1-3H3. The van der Waals surface area contributed by atoms with Gasteiger partial charge in [-0.05, 0) is 31.8 Å². The van der Waals surface area contributed by atoms with E-state index in [1.54, 1.807) is 0 Å². The number of rotatable bonds is 3. The van der Waals surface area contributed by atoms with Gasteiger partial charge in [0.15, 0.2) is 0 Å². The summed E-state index contributed by atoms with van der Waals surface area (Å²) >= 11 is 0. The topological polar surface area (TPSA) is 34.2 Å². The normalized spacial score (nSPS) is 11.6. The molecule has 2 aromatic rings. The van der Waals surface area contributed by atoms with Crippen molar-refractivity contribution in [1.82, 2.24) is 9.47 Å². The number of benzene rings is 1. The number of hydrogen-bond donors (Lipinski definition) is 1. The zero-order valence-corrected chi connectivity index (χ0v) is 10.2. The summed E-state index contributed by atoms with van der Waals surface area (Å²) in [5, 5.41) is 1.28. The number of nitrogens with zero attached hydrogens (tertiary/aromatic N) is 2. The minimum Gasteiger partial charge on any atom is -0.346 e. The van der Waals surface area contributed by atoms with Crippen LogP contribution in [0.15, 0.2) is 24.3 Å². The van der Waals surface area contributed by atoms with Gasteiger partial charge in [-0.3, -0.25) is 0 Å². The number of aromatic nitrogens is 1. The molecule has 2 rings (SSSR count). The number of fused-ring (bicyclic) bond motifs is 1. The SMILES string of the molecule is CN(C)Cc1cc2c(CN)cccc2n1C. The number of hydrogen-bond acceptors (Lipinski definition) is 2. The first-order chi connectivity index (χ1) is 7.63. The van der Waals surface area contributed by atoms with Crippen molar-refractivity contribution in [2.24, 2.45) is 12.8 Å². The van der Waals surface area contributed by atoms with Gasteiger partial charge in [0, 0.05) is 36.7 Å². The molecule has 0 bridgehead atoms. The summed E-state index contributed by atoms with van der Waals surface area (Å²) in [4.78, 5) is 2.18. The molecular formula is C13H19N3. The third-order valence-corrected chi connectivity index (χ3v) is 2.97. The Hall–Kier alpha value is -1.32. The van der Waals surface area contributed by atoms with E-state index in [9.17, 15) is 0 Å². The van der Waals surface area contributed by atoms with Gasteiger partial charge in [0.25, 0.3) is 0 Å². The second-order valence-electron chi connectivity index (χ2n) is 4.49. The van der Waals surface area contributed by atoms with E-state index in [4.69, 9.17) is 5.73 Å². The van der Waals surface area contributed by atoms with E-state index in [1.165, 1.54) is 22.2 Å². The first kappa shape index (κ1) is 11.2. The Labute approximate surface area is 96.5 Å². The van der Waals surface area contributed by atoms with E-state index in [1.807, 2.05) is 0 Å². The fourth-order valence-electron chi connectivity index (χ4n) is 2.13. The van der Waals surface area contributed by atoms with Crippen LogP contribution in [-0.4, -0.2) is 23.6 Å². The molecular weight excluding hydrogens is 198 g/mol. The summed E-state index contributed by atoms with van der Waals surface area (Å²) in [5.74, 6) is 0. The Morgan fingerprint density at radius 1 is 1.31 bits per heavy atom. The van der Waals surface area contributed by atoms with E-state index in [2.05, 4.69) is 54.9 Å². The zero-order chi connectivity index (χ0) is 11.7. The van der Waals surface area contributed by atoms with Gasteiger partial charge in [0.05, 0.1) is 0 Å².